The van der Waals surface area contributed by atoms with Gasteiger partial charge in [0.1, 0.15) is 5.76 Å². The van der Waals surface area contributed by atoms with E-state index in [-0.39, 0.29) is 5.91 Å². The molecule has 0 fully saturated rings. The maximum absolute atomic E-state index is 13.2. The van der Waals surface area contributed by atoms with Gasteiger partial charge in [-0.25, -0.2) is 9.97 Å². The fourth-order valence-corrected chi connectivity index (χ4v) is 4.49. The van der Waals surface area contributed by atoms with Gasteiger partial charge in [0.25, 0.3) is 0 Å². The van der Waals surface area contributed by atoms with Gasteiger partial charge in [-0.05, 0) is 36.4 Å². The maximum Gasteiger partial charge on any atom is 0.309 e. The molecule has 2 aromatic carbocycles. The second-order valence-electron chi connectivity index (χ2n) is 5.83. The number of hydrogen-bond acceptors (Lipinski definition) is 7. The van der Waals surface area contributed by atoms with Gasteiger partial charge < -0.3 is 4.42 Å². The van der Waals surface area contributed by atoms with Crippen molar-refractivity contribution in [3.05, 3.63) is 77.7 Å². The van der Waals surface area contributed by atoms with Crippen LogP contribution in [0.25, 0.3) is 20.4 Å². The van der Waals surface area contributed by atoms with E-state index in [1.807, 2.05) is 48.5 Å². The Hall–Kier alpha value is -3.36. The molecule has 5 rings (SSSR count). The average molecular weight is 404 g/mol. The molecule has 0 aliphatic carbocycles. The number of amides is 1. The van der Waals surface area contributed by atoms with Crippen molar-refractivity contribution in [1.29, 1.82) is 0 Å². The minimum atomic E-state index is -0.330. The van der Waals surface area contributed by atoms with Gasteiger partial charge in [0, 0.05) is 0 Å². The molecule has 5 aromatic rings. The van der Waals surface area contributed by atoms with E-state index >= 15 is 0 Å². The highest BCUT2D eigenvalue weighted by molar-refractivity contribution is 7.22. The second-order valence-corrected chi connectivity index (χ2v) is 7.87. The van der Waals surface area contributed by atoms with E-state index in [2.05, 4.69) is 15.1 Å². The van der Waals surface area contributed by atoms with E-state index in [4.69, 9.17) is 4.42 Å². The molecule has 0 saturated carbocycles. The zero-order valence-electron chi connectivity index (χ0n) is 14.4. The number of hydrazone groups is 1. The van der Waals surface area contributed by atoms with Crippen molar-refractivity contribution in [3.8, 4) is 0 Å². The number of carbonyl (C=O) groups is 1. The SMILES string of the molecule is O=C(c1nc2ccccc2s1)N(/N=C/c1ccco1)c1nc2ccccc2s1. The monoisotopic (exact) mass is 404 g/mol. The predicted octanol–water partition coefficient (Wildman–Crippen LogP) is 5.18. The molecular formula is C20H12N4O2S2. The minimum Gasteiger partial charge on any atom is -0.463 e. The molecule has 3 aromatic heterocycles. The summed E-state index contributed by atoms with van der Waals surface area (Å²) >= 11 is 2.73. The zero-order valence-corrected chi connectivity index (χ0v) is 16.0. The van der Waals surface area contributed by atoms with Gasteiger partial charge in [0.15, 0.2) is 5.01 Å². The number of aromatic nitrogens is 2. The molecule has 28 heavy (non-hydrogen) atoms. The molecule has 0 N–H and O–H groups in total. The summed E-state index contributed by atoms with van der Waals surface area (Å²) in [6.45, 7) is 0. The number of hydrogen-bond donors (Lipinski definition) is 0. The highest BCUT2D eigenvalue weighted by Gasteiger charge is 2.24. The lowest BCUT2D eigenvalue weighted by Gasteiger charge is -2.11. The normalized spacial score (nSPS) is 11.6. The van der Waals surface area contributed by atoms with E-state index in [0.29, 0.717) is 15.9 Å². The molecule has 3 heterocycles. The molecule has 0 bridgehead atoms. The van der Waals surface area contributed by atoms with E-state index in [0.717, 1.165) is 20.4 Å². The zero-order chi connectivity index (χ0) is 18.9. The summed E-state index contributed by atoms with van der Waals surface area (Å²) < 4.78 is 7.22. The van der Waals surface area contributed by atoms with Crippen molar-refractivity contribution in [3.63, 3.8) is 0 Å². The van der Waals surface area contributed by atoms with Crippen LogP contribution in [0.15, 0.2) is 76.4 Å². The molecule has 6 nitrogen and oxygen atoms in total. The maximum atomic E-state index is 13.2. The molecule has 0 radical (unpaired) electrons. The standard InChI is InChI=1S/C20H12N4O2S2/c25-19(18-22-14-7-1-3-9-16(14)27-18)24(21-12-13-6-5-11-26-13)20-23-15-8-2-4-10-17(15)28-20/h1-12H/b21-12+. The smallest absolute Gasteiger partial charge is 0.309 e. The Morgan fingerprint density at radius 2 is 1.64 bits per heavy atom. The van der Waals surface area contributed by atoms with E-state index < -0.39 is 0 Å². The Labute approximate surface area is 167 Å². The number of benzene rings is 2. The fraction of sp³-hybridized carbons (Fsp3) is 0. The van der Waals surface area contributed by atoms with E-state index in [9.17, 15) is 4.79 Å². The van der Waals surface area contributed by atoms with Crippen LogP contribution < -0.4 is 5.01 Å². The summed E-state index contributed by atoms with van der Waals surface area (Å²) in [5.74, 6) is 0.214. The molecule has 0 spiro atoms. The minimum absolute atomic E-state index is 0.330. The van der Waals surface area contributed by atoms with Crippen LogP contribution in [-0.4, -0.2) is 22.1 Å². The Bertz CT molecular complexity index is 1240. The van der Waals surface area contributed by atoms with Gasteiger partial charge in [-0.3, -0.25) is 4.79 Å². The lowest BCUT2D eigenvalue weighted by molar-refractivity contribution is 0.0987. The number of nitrogens with zero attached hydrogens (tertiary/aromatic N) is 4. The first kappa shape index (κ1) is 16.8. The van der Waals surface area contributed by atoms with Crippen LogP contribution >= 0.6 is 22.7 Å². The quantitative estimate of drug-likeness (QED) is 0.306. The average Bonchev–Trinajstić information content (AvgIpc) is 3.46. The number of carbonyl (C=O) groups excluding carboxylic acids is 1. The first-order valence-electron chi connectivity index (χ1n) is 8.41. The van der Waals surface area contributed by atoms with Crippen LogP contribution in [0.4, 0.5) is 5.13 Å². The molecule has 0 aliphatic rings. The summed E-state index contributed by atoms with van der Waals surface area (Å²) in [5, 5.41) is 6.48. The Morgan fingerprint density at radius 3 is 2.32 bits per heavy atom. The predicted molar refractivity (Wildman–Crippen MR) is 112 cm³/mol. The van der Waals surface area contributed by atoms with Crippen molar-refractivity contribution in [1.82, 2.24) is 9.97 Å². The van der Waals surface area contributed by atoms with Gasteiger partial charge in [-0.2, -0.15) is 10.1 Å². The van der Waals surface area contributed by atoms with E-state index in [1.54, 1.807) is 18.4 Å². The molecule has 8 heteroatoms. The van der Waals surface area contributed by atoms with Gasteiger partial charge >= 0.3 is 5.91 Å². The van der Waals surface area contributed by atoms with Crippen molar-refractivity contribution in [2.75, 3.05) is 5.01 Å². The molecular weight excluding hydrogens is 392 g/mol. The largest absolute Gasteiger partial charge is 0.463 e. The third kappa shape index (κ3) is 3.08. The molecule has 136 valence electrons. The number of anilines is 1. The van der Waals surface area contributed by atoms with Gasteiger partial charge in [-0.1, -0.05) is 35.6 Å². The van der Waals surface area contributed by atoms with Crippen LogP contribution in [0, 0.1) is 0 Å². The lowest BCUT2D eigenvalue weighted by Crippen LogP contribution is -2.25. The van der Waals surface area contributed by atoms with Gasteiger partial charge in [-0.15, -0.1) is 11.3 Å². The molecule has 0 saturated heterocycles. The van der Waals surface area contributed by atoms with E-state index in [1.165, 1.54) is 33.9 Å². The van der Waals surface area contributed by atoms with Crippen LogP contribution in [-0.2, 0) is 0 Å². The summed E-state index contributed by atoms with van der Waals surface area (Å²) in [4.78, 5) is 22.3. The van der Waals surface area contributed by atoms with Crippen LogP contribution in [0.5, 0.6) is 0 Å². The lowest BCUT2D eigenvalue weighted by atomic mass is 10.3. The molecule has 1 amide bonds. The van der Waals surface area contributed by atoms with Crippen LogP contribution in [0.1, 0.15) is 15.6 Å². The van der Waals surface area contributed by atoms with Crippen LogP contribution in [0.3, 0.4) is 0 Å². The summed E-state index contributed by atoms with van der Waals surface area (Å²) in [7, 11) is 0. The van der Waals surface area contributed by atoms with Gasteiger partial charge in [0.2, 0.25) is 5.13 Å². The number of rotatable bonds is 4. The van der Waals surface area contributed by atoms with Gasteiger partial charge in [0.05, 0.1) is 32.9 Å². The third-order valence-corrected chi connectivity index (χ3v) is 6.01. The Balaban J connectivity index is 1.58. The van der Waals surface area contributed by atoms with Crippen molar-refractivity contribution in [2.45, 2.75) is 0 Å². The Morgan fingerprint density at radius 1 is 0.929 bits per heavy atom. The third-order valence-electron chi connectivity index (χ3n) is 3.98. The molecule has 0 aliphatic heterocycles. The summed E-state index contributed by atoms with van der Waals surface area (Å²) in [5.41, 5.74) is 1.60. The van der Waals surface area contributed by atoms with Crippen molar-refractivity contribution < 1.29 is 9.21 Å². The first-order valence-corrected chi connectivity index (χ1v) is 10.0. The number of fused-ring (bicyclic) bond motifs is 2. The topological polar surface area (TPSA) is 71.6 Å². The first-order chi connectivity index (χ1) is 13.8. The van der Waals surface area contributed by atoms with Crippen LogP contribution in [0.2, 0.25) is 0 Å². The second kappa shape index (κ2) is 6.99. The highest BCUT2D eigenvalue weighted by Crippen LogP contribution is 2.31. The molecule has 0 atom stereocenters. The van der Waals surface area contributed by atoms with Crippen molar-refractivity contribution >= 4 is 60.4 Å². The van der Waals surface area contributed by atoms with Crippen molar-refractivity contribution in [2.24, 2.45) is 5.10 Å². The number of furan rings is 1. The summed E-state index contributed by atoms with van der Waals surface area (Å²) in [6, 6.07) is 18.9. The Kier molecular flexibility index (Phi) is 4.19. The summed E-state index contributed by atoms with van der Waals surface area (Å²) in [6.07, 6.45) is 3.05. The highest BCUT2D eigenvalue weighted by atomic mass is 32.1. The molecule has 0 unspecified atom stereocenters. The number of thiazole rings is 2. The number of para-hydroxylation sites is 2. The fourth-order valence-electron chi connectivity index (χ4n) is 2.67.